The minimum absolute atomic E-state index is 0.161. The predicted molar refractivity (Wildman–Crippen MR) is 67.9 cm³/mol. The van der Waals surface area contributed by atoms with Crippen molar-refractivity contribution in [3.05, 3.63) is 35.4 Å². The summed E-state index contributed by atoms with van der Waals surface area (Å²) in [6.45, 7) is 1.84. The van der Waals surface area contributed by atoms with Gasteiger partial charge in [-0.25, -0.2) is 15.2 Å². The molecule has 7 nitrogen and oxygen atoms in total. The fourth-order valence-electron chi connectivity index (χ4n) is 1.53. The Morgan fingerprint density at radius 2 is 2.26 bits per heavy atom. The highest BCUT2D eigenvalue weighted by atomic mass is 19.1. The fourth-order valence-corrected chi connectivity index (χ4v) is 1.53. The summed E-state index contributed by atoms with van der Waals surface area (Å²) in [5.74, 6) is 3.83. The molecule has 2 aromatic rings. The van der Waals surface area contributed by atoms with Gasteiger partial charge in [0.05, 0.1) is 5.56 Å². The normalized spacial score (nSPS) is 10.3. The molecule has 0 saturated carbocycles. The first kappa shape index (κ1) is 13.0. The van der Waals surface area contributed by atoms with Crippen LogP contribution in [0.4, 0.5) is 16.0 Å². The highest BCUT2D eigenvalue weighted by Gasteiger charge is 2.16. The number of halogens is 1. The number of pyridine rings is 1. The Morgan fingerprint density at radius 1 is 1.53 bits per heavy atom. The van der Waals surface area contributed by atoms with E-state index in [4.69, 9.17) is 5.84 Å². The molecular formula is C11H13FN6O. The summed E-state index contributed by atoms with van der Waals surface area (Å²) in [5, 5.41) is 6.56. The van der Waals surface area contributed by atoms with E-state index in [1.165, 1.54) is 12.3 Å². The Balaban J connectivity index is 2.25. The minimum atomic E-state index is -0.810. The van der Waals surface area contributed by atoms with Crippen molar-refractivity contribution >= 4 is 17.5 Å². The summed E-state index contributed by atoms with van der Waals surface area (Å²) < 4.78 is 15.4. The number of aryl methyl sites for hydroxylation is 2. The zero-order chi connectivity index (χ0) is 14.0. The van der Waals surface area contributed by atoms with E-state index in [0.717, 1.165) is 5.69 Å². The molecule has 0 aliphatic heterocycles. The number of hydrogen-bond acceptors (Lipinski definition) is 5. The van der Waals surface area contributed by atoms with Crippen molar-refractivity contribution in [1.82, 2.24) is 14.8 Å². The van der Waals surface area contributed by atoms with Crippen LogP contribution in [0.15, 0.2) is 18.3 Å². The van der Waals surface area contributed by atoms with Gasteiger partial charge in [-0.3, -0.25) is 9.48 Å². The van der Waals surface area contributed by atoms with Crippen LogP contribution in [0.25, 0.3) is 0 Å². The molecule has 0 aliphatic rings. The molecule has 0 atom stereocenters. The van der Waals surface area contributed by atoms with Gasteiger partial charge in [-0.2, -0.15) is 5.10 Å². The highest BCUT2D eigenvalue weighted by Crippen LogP contribution is 2.16. The van der Waals surface area contributed by atoms with E-state index in [1.54, 1.807) is 17.8 Å². The molecule has 4 N–H and O–H groups in total. The number of carbonyl (C=O) groups excluding carboxylic acids is 1. The lowest BCUT2D eigenvalue weighted by atomic mass is 10.2. The number of nitrogen functional groups attached to an aromatic ring is 1. The summed E-state index contributed by atoms with van der Waals surface area (Å²) in [5.41, 5.74) is 2.79. The summed E-state index contributed by atoms with van der Waals surface area (Å²) in [6.07, 6.45) is 1.29. The van der Waals surface area contributed by atoms with Crippen LogP contribution in [-0.2, 0) is 7.05 Å². The molecule has 0 bridgehead atoms. The van der Waals surface area contributed by atoms with E-state index in [2.05, 4.69) is 20.8 Å². The van der Waals surface area contributed by atoms with Crippen LogP contribution >= 0.6 is 0 Å². The molecule has 19 heavy (non-hydrogen) atoms. The molecule has 0 radical (unpaired) electrons. The number of carbonyl (C=O) groups is 1. The van der Waals surface area contributed by atoms with E-state index in [0.29, 0.717) is 5.82 Å². The number of nitrogens with zero attached hydrogens (tertiary/aromatic N) is 3. The molecule has 2 rings (SSSR count). The average molecular weight is 264 g/mol. The van der Waals surface area contributed by atoms with Gasteiger partial charge in [0, 0.05) is 25.0 Å². The molecule has 0 saturated heterocycles. The zero-order valence-electron chi connectivity index (χ0n) is 10.4. The second kappa shape index (κ2) is 5.02. The van der Waals surface area contributed by atoms with Gasteiger partial charge in [-0.15, -0.1) is 0 Å². The van der Waals surface area contributed by atoms with Gasteiger partial charge in [0.15, 0.2) is 17.5 Å². The Bertz CT molecular complexity index is 604. The Hall–Kier alpha value is -2.48. The van der Waals surface area contributed by atoms with E-state index < -0.39 is 11.7 Å². The lowest BCUT2D eigenvalue weighted by Crippen LogP contribution is -2.17. The highest BCUT2D eigenvalue weighted by molar-refractivity contribution is 6.04. The molecule has 1 amide bonds. The SMILES string of the molecule is Cc1cc(NC(=O)c2ccnc(NN)c2F)nn1C. The van der Waals surface area contributed by atoms with Gasteiger partial charge in [0.25, 0.3) is 5.91 Å². The number of hydrazine groups is 1. The maximum atomic E-state index is 13.8. The first-order valence-corrected chi connectivity index (χ1v) is 5.46. The third kappa shape index (κ3) is 2.52. The molecule has 0 spiro atoms. The smallest absolute Gasteiger partial charge is 0.260 e. The van der Waals surface area contributed by atoms with Gasteiger partial charge in [0.1, 0.15) is 0 Å². The second-order valence-electron chi connectivity index (χ2n) is 3.91. The van der Waals surface area contributed by atoms with Crippen LogP contribution in [0.2, 0.25) is 0 Å². The van der Waals surface area contributed by atoms with E-state index in [-0.39, 0.29) is 11.4 Å². The van der Waals surface area contributed by atoms with Gasteiger partial charge < -0.3 is 10.7 Å². The van der Waals surface area contributed by atoms with Crippen molar-refractivity contribution < 1.29 is 9.18 Å². The van der Waals surface area contributed by atoms with E-state index >= 15 is 0 Å². The third-order valence-corrected chi connectivity index (χ3v) is 2.63. The van der Waals surface area contributed by atoms with Crippen molar-refractivity contribution in [1.29, 1.82) is 0 Å². The minimum Gasteiger partial charge on any atom is -0.306 e. The van der Waals surface area contributed by atoms with Gasteiger partial charge >= 0.3 is 0 Å². The number of hydrogen-bond donors (Lipinski definition) is 3. The Morgan fingerprint density at radius 3 is 2.84 bits per heavy atom. The molecular weight excluding hydrogens is 251 g/mol. The molecule has 0 unspecified atom stereocenters. The van der Waals surface area contributed by atoms with Crippen molar-refractivity contribution in [3.8, 4) is 0 Å². The molecule has 2 aromatic heterocycles. The van der Waals surface area contributed by atoms with Gasteiger partial charge in [-0.05, 0) is 13.0 Å². The van der Waals surface area contributed by atoms with Crippen LogP contribution in [0.1, 0.15) is 16.1 Å². The number of nitrogens with one attached hydrogen (secondary N) is 2. The van der Waals surface area contributed by atoms with E-state index in [1.807, 2.05) is 6.92 Å². The maximum absolute atomic E-state index is 13.8. The quantitative estimate of drug-likeness (QED) is 0.562. The van der Waals surface area contributed by atoms with Gasteiger partial charge in [-0.1, -0.05) is 0 Å². The number of nitrogens with two attached hydrogens (primary N) is 1. The lowest BCUT2D eigenvalue weighted by molar-refractivity contribution is 0.102. The van der Waals surface area contributed by atoms with Crippen molar-refractivity contribution in [3.63, 3.8) is 0 Å². The van der Waals surface area contributed by atoms with Crippen molar-refractivity contribution in [2.45, 2.75) is 6.92 Å². The van der Waals surface area contributed by atoms with Crippen LogP contribution in [0, 0.1) is 12.7 Å². The predicted octanol–water partition coefficient (Wildman–Crippen LogP) is 0.801. The van der Waals surface area contributed by atoms with Gasteiger partial charge in [0.2, 0.25) is 0 Å². The topological polar surface area (TPSA) is 97.9 Å². The lowest BCUT2D eigenvalue weighted by Gasteiger charge is -2.06. The second-order valence-corrected chi connectivity index (χ2v) is 3.91. The largest absolute Gasteiger partial charge is 0.306 e. The summed E-state index contributed by atoms with van der Waals surface area (Å²) in [7, 11) is 1.74. The first-order chi connectivity index (χ1) is 9.02. The zero-order valence-corrected chi connectivity index (χ0v) is 10.4. The number of anilines is 2. The van der Waals surface area contributed by atoms with Crippen LogP contribution in [0.5, 0.6) is 0 Å². The molecule has 8 heteroatoms. The number of amides is 1. The Kier molecular flexibility index (Phi) is 3.43. The summed E-state index contributed by atoms with van der Waals surface area (Å²) >= 11 is 0. The number of aromatic nitrogens is 3. The molecule has 0 aromatic carbocycles. The first-order valence-electron chi connectivity index (χ1n) is 5.46. The van der Waals surface area contributed by atoms with Crippen molar-refractivity contribution in [2.24, 2.45) is 12.9 Å². The monoisotopic (exact) mass is 264 g/mol. The Labute approximate surface area is 108 Å². The van der Waals surface area contributed by atoms with Crippen LogP contribution in [0.3, 0.4) is 0 Å². The average Bonchev–Trinajstić information content (AvgIpc) is 2.68. The van der Waals surface area contributed by atoms with Crippen LogP contribution < -0.4 is 16.6 Å². The summed E-state index contributed by atoms with van der Waals surface area (Å²) in [4.78, 5) is 15.6. The van der Waals surface area contributed by atoms with Crippen LogP contribution in [-0.4, -0.2) is 20.7 Å². The molecule has 100 valence electrons. The third-order valence-electron chi connectivity index (χ3n) is 2.63. The molecule has 2 heterocycles. The standard InChI is InChI=1S/C11H13FN6O/c1-6-5-8(17-18(6)2)15-11(19)7-3-4-14-10(16-13)9(7)12/h3-5H,13H2,1-2H3,(H,14,16)(H,15,17,19). The molecule has 0 aliphatic carbocycles. The van der Waals surface area contributed by atoms with E-state index in [9.17, 15) is 9.18 Å². The number of rotatable bonds is 3. The fraction of sp³-hybridized carbons (Fsp3) is 0.182. The molecule has 0 fully saturated rings. The summed E-state index contributed by atoms with van der Waals surface area (Å²) in [6, 6.07) is 2.94. The van der Waals surface area contributed by atoms with Crippen molar-refractivity contribution in [2.75, 3.05) is 10.7 Å². The maximum Gasteiger partial charge on any atom is 0.260 e.